The van der Waals surface area contributed by atoms with Crippen molar-refractivity contribution in [2.24, 2.45) is 0 Å². The zero-order chi connectivity index (χ0) is 27.7. The van der Waals surface area contributed by atoms with Gasteiger partial charge >= 0.3 is 12.1 Å². The van der Waals surface area contributed by atoms with Crippen molar-refractivity contribution < 1.29 is 19.1 Å². The van der Waals surface area contributed by atoms with E-state index in [-0.39, 0.29) is 13.2 Å². The molecule has 0 fully saturated rings. The van der Waals surface area contributed by atoms with Gasteiger partial charge in [-0.1, -0.05) is 65.7 Å². The van der Waals surface area contributed by atoms with Crippen molar-refractivity contribution in [3.63, 3.8) is 0 Å². The Kier molecular flexibility index (Phi) is 7.61. The third kappa shape index (κ3) is 6.07. The minimum Gasteiger partial charge on any atom is -0.459 e. The molecule has 0 N–H and O–H groups in total. The van der Waals surface area contributed by atoms with Crippen molar-refractivity contribution in [2.75, 3.05) is 0 Å². The van der Waals surface area contributed by atoms with Gasteiger partial charge in [0.1, 0.15) is 18.2 Å². The number of carbonyl (C=O) groups is 2. The SMILES string of the molecule is CC(C)(C)OC(=O)N1Cc2c(c3ccccc3n2Cc2ccc(Cl)cc2)CC1C(=O)OCc1ccc(Cl)cc1. The molecule has 3 aromatic carbocycles. The number of aromatic nitrogens is 1. The van der Waals surface area contributed by atoms with E-state index in [0.29, 0.717) is 23.0 Å². The van der Waals surface area contributed by atoms with Crippen LogP contribution in [0.15, 0.2) is 72.8 Å². The molecule has 2 heterocycles. The second kappa shape index (κ2) is 10.9. The molecule has 1 amide bonds. The average Bonchev–Trinajstić information content (AvgIpc) is 3.20. The van der Waals surface area contributed by atoms with Gasteiger partial charge in [-0.2, -0.15) is 0 Å². The molecule has 1 atom stereocenters. The number of amides is 1. The molecule has 6 nitrogen and oxygen atoms in total. The summed E-state index contributed by atoms with van der Waals surface area (Å²) < 4.78 is 13.7. The van der Waals surface area contributed by atoms with Gasteiger partial charge < -0.3 is 14.0 Å². The van der Waals surface area contributed by atoms with Crippen molar-refractivity contribution in [3.8, 4) is 0 Å². The van der Waals surface area contributed by atoms with Crippen LogP contribution in [0.4, 0.5) is 4.79 Å². The summed E-state index contributed by atoms with van der Waals surface area (Å²) >= 11 is 12.1. The topological polar surface area (TPSA) is 60.8 Å². The van der Waals surface area contributed by atoms with E-state index < -0.39 is 23.7 Å². The van der Waals surface area contributed by atoms with Crippen molar-refractivity contribution >= 4 is 46.2 Å². The van der Waals surface area contributed by atoms with E-state index in [1.807, 2.05) is 69.3 Å². The van der Waals surface area contributed by atoms with Gasteiger partial charge in [-0.15, -0.1) is 0 Å². The number of halogens is 2. The molecule has 1 aliphatic heterocycles. The molecule has 0 saturated heterocycles. The maximum Gasteiger partial charge on any atom is 0.411 e. The molecule has 1 unspecified atom stereocenters. The first kappa shape index (κ1) is 27.1. The molecule has 1 aromatic heterocycles. The van der Waals surface area contributed by atoms with Gasteiger partial charge in [0.2, 0.25) is 0 Å². The number of para-hydroxylation sites is 1. The van der Waals surface area contributed by atoms with Gasteiger partial charge in [0, 0.05) is 39.6 Å². The van der Waals surface area contributed by atoms with Gasteiger partial charge in [0.25, 0.3) is 0 Å². The van der Waals surface area contributed by atoms with Gasteiger partial charge in [-0.25, -0.2) is 9.59 Å². The summed E-state index contributed by atoms with van der Waals surface area (Å²) in [5.41, 5.74) is 4.22. The van der Waals surface area contributed by atoms with Crippen LogP contribution in [0.2, 0.25) is 10.0 Å². The van der Waals surface area contributed by atoms with E-state index in [1.165, 1.54) is 4.90 Å². The minimum absolute atomic E-state index is 0.0832. The Balaban J connectivity index is 1.51. The van der Waals surface area contributed by atoms with Crippen LogP contribution in [-0.4, -0.2) is 33.2 Å². The number of hydrogen-bond donors (Lipinski definition) is 0. The molecular formula is C31H30Cl2N2O4. The molecule has 39 heavy (non-hydrogen) atoms. The first-order valence-electron chi connectivity index (χ1n) is 12.8. The lowest BCUT2D eigenvalue weighted by Crippen LogP contribution is -2.51. The normalized spacial score (nSPS) is 15.2. The van der Waals surface area contributed by atoms with Crippen LogP contribution in [0.25, 0.3) is 10.9 Å². The molecule has 1 aliphatic rings. The minimum atomic E-state index is -0.825. The monoisotopic (exact) mass is 564 g/mol. The van der Waals surface area contributed by atoms with E-state index in [0.717, 1.165) is 33.3 Å². The zero-order valence-electron chi connectivity index (χ0n) is 22.1. The molecule has 0 saturated carbocycles. The Hall–Kier alpha value is -3.48. The number of benzene rings is 3. The highest BCUT2D eigenvalue weighted by atomic mass is 35.5. The Bertz CT molecular complexity index is 1500. The molecule has 0 aliphatic carbocycles. The van der Waals surface area contributed by atoms with E-state index in [9.17, 15) is 9.59 Å². The molecule has 202 valence electrons. The Morgan fingerprint density at radius 1 is 0.897 bits per heavy atom. The van der Waals surface area contributed by atoms with Crippen LogP contribution < -0.4 is 0 Å². The van der Waals surface area contributed by atoms with Crippen LogP contribution in [0.5, 0.6) is 0 Å². The Labute approximate surface area is 238 Å². The Morgan fingerprint density at radius 2 is 1.51 bits per heavy atom. The highest BCUT2D eigenvalue weighted by Crippen LogP contribution is 2.35. The van der Waals surface area contributed by atoms with E-state index in [1.54, 1.807) is 12.1 Å². The smallest absolute Gasteiger partial charge is 0.411 e. The molecular weight excluding hydrogens is 535 g/mol. The summed E-state index contributed by atoms with van der Waals surface area (Å²) in [6, 6.07) is 22.1. The van der Waals surface area contributed by atoms with Gasteiger partial charge in [-0.05, 0) is 67.8 Å². The highest BCUT2D eigenvalue weighted by molar-refractivity contribution is 6.30. The highest BCUT2D eigenvalue weighted by Gasteiger charge is 2.40. The molecule has 0 spiro atoms. The van der Waals surface area contributed by atoms with Gasteiger partial charge in [-0.3, -0.25) is 4.90 Å². The predicted octanol–water partition coefficient (Wildman–Crippen LogP) is 7.40. The number of carbonyl (C=O) groups excluding carboxylic acids is 2. The van der Waals surface area contributed by atoms with Crippen LogP contribution in [-0.2, 0) is 40.4 Å². The summed E-state index contributed by atoms with van der Waals surface area (Å²) in [5.74, 6) is -0.476. The van der Waals surface area contributed by atoms with Crippen LogP contribution in [0.3, 0.4) is 0 Å². The third-order valence-electron chi connectivity index (χ3n) is 6.74. The number of rotatable bonds is 5. The first-order valence-corrected chi connectivity index (χ1v) is 13.6. The largest absolute Gasteiger partial charge is 0.459 e. The molecule has 0 radical (unpaired) electrons. The van der Waals surface area contributed by atoms with Crippen molar-refractivity contribution in [1.82, 2.24) is 9.47 Å². The lowest BCUT2D eigenvalue weighted by atomic mass is 9.97. The lowest BCUT2D eigenvalue weighted by molar-refractivity contribution is -0.151. The van der Waals surface area contributed by atoms with Gasteiger partial charge in [0.15, 0.2) is 0 Å². The maximum atomic E-state index is 13.5. The van der Waals surface area contributed by atoms with Crippen molar-refractivity contribution in [3.05, 3.63) is 105 Å². The summed E-state index contributed by atoms with van der Waals surface area (Å²) in [6.45, 7) is 6.33. The summed E-state index contributed by atoms with van der Waals surface area (Å²) in [7, 11) is 0. The van der Waals surface area contributed by atoms with E-state index in [4.69, 9.17) is 32.7 Å². The maximum absolute atomic E-state index is 13.5. The number of esters is 1. The van der Waals surface area contributed by atoms with Crippen molar-refractivity contribution in [1.29, 1.82) is 0 Å². The lowest BCUT2D eigenvalue weighted by Gasteiger charge is -2.36. The quantitative estimate of drug-likeness (QED) is 0.237. The summed E-state index contributed by atoms with van der Waals surface area (Å²) in [6.07, 6.45) is -0.229. The van der Waals surface area contributed by atoms with Crippen molar-refractivity contribution in [2.45, 2.75) is 58.5 Å². The number of ether oxygens (including phenoxy) is 2. The third-order valence-corrected chi connectivity index (χ3v) is 7.24. The van der Waals surface area contributed by atoms with Gasteiger partial charge in [0.05, 0.1) is 6.54 Å². The first-order chi connectivity index (χ1) is 18.6. The fourth-order valence-electron chi connectivity index (χ4n) is 4.92. The summed E-state index contributed by atoms with van der Waals surface area (Å²) in [4.78, 5) is 28.4. The van der Waals surface area contributed by atoms with E-state index >= 15 is 0 Å². The second-order valence-corrected chi connectivity index (χ2v) is 11.6. The summed E-state index contributed by atoms with van der Waals surface area (Å²) in [5, 5.41) is 2.34. The van der Waals surface area contributed by atoms with Crippen LogP contribution in [0.1, 0.15) is 43.2 Å². The second-order valence-electron chi connectivity index (χ2n) is 10.7. The fraction of sp³-hybridized carbons (Fsp3) is 0.290. The molecule has 5 rings (SSSR count). The molecule has 8 heteroatoms. The fourth-order valence-corrected chi connectivity index (χ4v) is 5.17. The number of nitrogens with zero attached hydrogens (tertiary/aromatic N) is 2. The standard InChI is InChI=1S/C31H30Cl2N2O4/c1-31(2,3)39-30(37)35-18-28-25(16-27(35)29(36)38-19-21-10-14-23(33)15-11-21)24-6-4-5-7-26(24)34(28)17-20-8-12-22(32)13-9-20/h4-15,27H,16-19H2,1-3H3. The zero-order valence-corrected chi connectivity index (χ0v) is 23.6. The molecule has 0 bridgehead atoms. The molecule has 4 aromatic rings. The Morgan fingerprint density at radius 3 is 2.15 bits per heavy atom. The average molecular weight is 565 g/mol. The predicted molar refractivity (Wildman–Crippen MR) is 153 cm³/mol. The van der Waals surface area contributed by atoms with E-state index in [2.05, 4.69) is 16.7 Å². The number of fused-ring (bicyclic) bond motifs is 3. The van der Waals surface area contributed by atoms with Crippen LogP contribution in [0, 0.1) is 0 Å². The van der Waals surface area contributed by atoms with Crippen LogP contribution >= 0.6 is 23.2 Å². The number of hydrogen-bond acceptors (Lipinski definition) is 4.